The van der Waals surface area contributed by atoms with Crippen LogP contribution < -0.4 is 4.90 Å². The van der Waals surface area contributed by atoms with Gasteiger partial charge in [-0.2, -0.15) is 0 Å². The molecule has 2 nitrogen and oxygen atoms in total. The standard InChI is InChI=1S/C20H24N2/c1-19(15-10-6-5-7-11-15)14-21(3)18-20(19,2)16-12-8-9-13-17(16)22(18)4/h5-13,18H,14H2,1-4H3/t18-,19-,20+/m0/s1. The van der Waals surface area contributed by atoms with Crippen LogP contribution in [0.1, 0.15) is 25.0 Å². The SMILES string of the molecule is CN1C[C@@](C)(c2ccccc2)[C@]2(C)c3ccccc3N(C)[C@H]12. The zero-order valence-corrected chi connectivity index (χ0v) is 13.9. The normalized spacial score (nSPS) is 33.8. The van der Waals surface area contributed by atoms with Gasteiger partial charge in [-0.25, -0.2) is 0 Å². The quantitative estimate of drug-likeness (QED) is 0.792. The summed E-state index contributed by atoms with van der Waals surface area (Å²) in [5, 5.41) is 0. The molecular formula is C20H24N2. The van der Waals surface area contributed by atoms with Gasteiger partial charge in [-0.15, -0.1) is 0 Å². The predicted molar refractivity (Wildman–Crippen MR) is 92.4 cm³/mol. The molecule has 1 fully saturated rings. The van der Waals surface area contributed by atoms with Crippen LogP contribution in [0.25, 0.3) is 0 Å². The van der Waals surface area contributed by atoms with E-state index in [9.17, 15) is 0 Å². The molecule has 114 valence electrons. The van der Waals surface area contributed by atoms with Gasteiger partial charge in [0.2, 0.25) is 0 Å². The van der Waals surface area contributed by atoms with E-state index in [1.165, 1.54) is 16.8 Å². The molecule has 0 radical (unpaired) electrons. The van der Waals surface area contributed by atoms with E-state index >= 15 is 0 Å². The monoisotopic (exact) mass is 292 g/mol. The molecule has 0 spiro atoms. The maximum atomic E-state index is 2.52. The van der Waals surface area contributed by atoms with Crippen molar-refractivity contribution in [3.63, 3.8) is 0 Å². The number of para-hydroxylation sites is 1. The average Bonchev–Trinajstić information content (AvgIpc) is 2.90. The van der Waals surface area contributed by atoms with Crippen molar-refractivity contribution in [3.8, 4) is 0 Å². The molecule has 0 amide bonds. The minimum absolute atomic E-state index is 0.0917. The highest BCUT2D eigenvalue weighted by molar-refractivity contribution is 5.67. The third-order valence-corrected chi connectivity index (χ3v) is 6.27. The minimum atomic E-state index is 0.0917. The van der Waals surface area contributed by atoms with Gasteiger partial charge in [0.1, 0.15) is 0 Å². The van der Waals surface area contributed by atoms with Gasteiger partial charge in [0.15, 0.2) is 0 Å². The Bertz CT molecular complexity index is 711. The fraction of sp³-hybridized carbons (Fsp3) is 0.400. The van der Waals surface area contributed by atoms with Crippen LogP contribution in [-0.4, -0.2) is 31.7 Å². The predicted octanol–water partition coefficient (Wildman–Crippen LogP) is 3.62. The smallest absolute Gasteiger partial charge is 0.0920 e. The number of likely N-dealkylation sites (N-methyl/N-ethyl adjacent to an activating group) is 2. The van der Waals surface area contributed by atoms with Crippen LogP contribution in [0.15, 0.2) is 54.6 Å². The number of rotatable bonds is 1. The zero-order valence-electron chi connectivity index (χ0n) is 13.9. The lowest BCUT2D eigenvalue weighted by Crippen LogP contribution is -2.50. The van der Waals surface area contributed by atoms with Gasteiger partial charge >= 0.3 is 0 Å². The first-order valence-electron chi connectivity index (χ1n) is 8.08. The van der Waals surface area contributed by atoms with Crippen molar-refractivity contribution < 1.29 is 0 Å². The van der Waals surface area contributed by atoms with Crippen molar-refractivity contribution in [2.24, 2.45) is 0 Å². The summed E-state index contributed by atoms with van der Waals surface area (Å²) in [5.41, 5.74) is 4.50. The Morgan fingerprint density at radius 3 is 2.27 bits per heavy atom. The van der Waals surface area contributed by atoms with E-state index in [-0.39, 0.29) is 10.8 Å². The van der Waals surface area contributed by atoms with Crippen LogP contribution in [0.4, 0.5) is 5.69 Å². The molecule has 2 heterocycles. The second-order valence-corrected chi connectivity index (χ2v) is 7.32. The summed E-state index contributed by atoms with van der Waals surface area (Å²) in [5.74, 6) is 0. The minimum Gasteiger partial charge on any atom is -0.358 e. The molecule has 0 N–H and O–H groups in total. The Morgan fingerprint density at radius 2 is 1.55 bits per heavy atom. The third-order valence-electron chi connectivity index (χ3n) is 6.27. The Morgan fingerprint density at radius 1 is 0.909 bits per heavy atom. The van der Waals surface area contributed by atoms with E-state index in [2.05, 4.69) is 92.3 Å². The summed E-state index contributed by atoms with van der Waals surface area (Å²) >= 11 is 0. The topological polar surface area (TPSA) is 6.48 Å². The number of benzene rings is 2. The van der Waals surface area contributed by atoms with E-state index in [4.69, 9.17) is 0 Å². The van der Waals surface area contributed by atoms with Crippen molar-refractivity contribution in [1.82, 2.24) is 4.90 Å². The van der Waals surface area contributed by atoms with Gasteiger partial charge < -0.3 is 4.90 Å². The van der Waals surface area contributed by atoms with Gasteiger partial charge in [-0.05, 0) is 24.2 Å². The second-order valence-electron chi connectivity index (χ2n) is 7.32. The Hall–Kier alpha value is -1.80. The Kier molecular flexibility index (Phi) is 2.74. The van der Waals surface area contributed by atoms with Crippen LogP contribution in [0.5, 0.6) is 0 Å². The first-order chi connectivity index (χ1) is 10.5. The van der Waals surface area contributed by atoms with Crippen molar-refractivity contribution >= 4 is 5.69 Å². The first-order valence-corrected chi connectivity index (χ1v) is 8.08. The molecule has 3 atom stereocenters. The summed E-state index contributed by atoms with van der Waals surface area (Å²) in [6.07, 6.45) is 0.412. The lowest BCUT2D eigenvalue weighted by molar-refractivity contribution is 0.258. The van der Waals surface area contributed by atoms with Gasteiger partial charge in [-0.3, -0.25) is 4.90 Å². The molecule has 0 aromatic heterocycles. The highest BCUT2D eigenvalue weighted by atomic mass is 15.4. The third kappa shape index (κ3) is 1.44. The molecule has 2 heteroatoms. The molecule has 1 saturated heterocycles. The largest absolute Gasteiger partial charge is 0.358 e. The van der Waals surface area contributed by atoms with Gasteiger partial charge in [0.25, 0.3) is 0 Å². The Labute approximate surface area is 133 Å². The molecule has 0 aliphatic carbocycles. The number of anilines is 1. The van der Waals surface area contributed by atoms with Crippen LogP contribution in [0, 0.1) is 0 Å². The van der Waals surface area contributed by atoms with E-state index in [1.54, 1.807) is 0 Å². The molecule has 0 unspecified atom stereocenters. The van der Waals surface area contributed by atoms with Crippen LogP contribution >= 0.6 is 0 Å². The number of hydrogen-bond acceptors (Lipinski definition) is 2. The number of likely N-dealkylation sites (tertiary alicyclic amines) is 1. The van der Waals surface area contributed by atoms with Crippen LogP contribution in [0.3, 0.4) is 0 Å². The van der Waals surface area contributed by atoms with E-state index in [1.807, 2.05) is 0 Å². The molecule has 0 saturated carbocycles. The van der Waals surface area contributed by atoms with Gasteiger partial charge in [0.05, 0.1) is 6.17 Å². The van der Waals surface area contributed by atoms with Crippen LogP contribution in [0.2, 0.25) is 0 Å². The summed E-state index contributed by atoms with van der Waals surface area (Å²) in [6, 6.07) is 20.0. The summed E-state index contributed by atoms with van der Waals surface area (Å²) in [7, 11) is 4.50. The molecule has 0 bridgehead atoms. The highest BCUT2D eigenvalue weighted by Crippen LogP contribution is 2.59. The maximum Gasteiger partial charge on any atom is 0.0920 e. The number of fused-ring (bicyclic) bond motifs is 3. The lowest BCUT2D eigenvalue weighted by atomic mass is 9.61. The fourth-order valence-corrected chi connectivity index (χ4v) is 5.14. The first kappa shape index (κ1) is 13.8. The van der Waals surface area contributed by atoms with Crippen LogP contribution in [-0.2, 0) is 10.8 Å². The number of nitrogens with zero attached hydrogens (tertiary/aromatic N) is 2. The van der Waals surface area contributed by atoms with E-state index < -0.39 is 0 Å². The van der Waals surface area contributed by atoms with Crippen molar-refractivity contribution in [1.29, 1.82) is 0 Å². The molecular weight excluding hydrogens is 268 g/mol. The van der Waals surface area contributed by atoms with Gasteiger partial charge in [-0.1, -0.05) is 62.4 Å². The van der Waals surface area contributed by atoms with Crippen molar-refractivity contribution in [3.05, 3.63) is 65.7 Å². The van der Waals surface area contributed by atoms with E-state index in [0.717, 1.165) is 6.54 Å². The second kappa shape index (κ2) is 4.36. The van der Waals surface area contributed by atoms with E-state index in [0.29, 0.717) is 6.17 Å². The van der Waals surface area contributed by atoms with Gasteiger partial charge in [0, 0.05) is 30.1 Å². The highest BCUT2D eigenvalue weighted by Gasteiger charge is 2.63. The number of hydrogen-bond donors (Lipinski definition) is 0. The lowest BCUT2D eigenvalue weighted by Gasteiger charge is -2.41. The average molecular weight is 292 g/mol. The molecule has 4 rings (SSSR count). The van der Waals surface area contributed by atoms with Crippen molar-refractivity contribution in [2.75, 3.05) is 25.5 Å². The van der Waals surface area contributed by atoms with Crippen molar-refractivity contribution in [2.45, 2.75) is 30.8 Å². The molecule has 2 aliphatic rings. The fourth-order valence-electron chi connectivity index (χ4n) is 5.14. The molecule has 2 aromatic carbocycles. The Balaban J connectivity index is 1.98. The summed E-state index contributed by atoms with van der Waals surface area (Å²) < 4.78 is 0. The summed E-state index contributed by atoms with van der Waals surface area (Å²) in [4.78, 5) is 4.98. The summed E-state index contributed by atoms with van der Waals surface area (Å²) in [6.45, 7) is 5.97. The molecule has 22 heavy (non-hydrogen) atoms. The zero-order chi connectivity index (χ0) is 15.5. The molecule has 2 aromatic rings. The molecule has 2 aliphatic heterocycles. The maximum absolute atomic E-state index is 2.52.